The normalized spacial score (nSPS) is 12.9. The first-order valence-electron chi connectivity index (χ1n) is 10.9. The van der Waals surface area contributed by atoms with Crippen molar-refractivity contribution in [1.29, 1.82) is 0 Å². The number of methoxy groups -OCH3 is 1. The molecule has 0 fully saturated rings. The molecule has 0 radical (unpaired) electrons. The van der Waals surface area contributed by atoms with E-state index in [0.717, 1.165) is 22.3 Å². The number of hydrogen-bond acceptors (Lipinski definition) is 2. The van der Waals surface area contributed by atoms with Crippen LogP contribution in [-0.2, 0) is 10.3 Å². The molecule has 160 valence electrons. The Hall–Kier alpha value is -3.49. The van der Waals surface area contributed by atoms with Crippen molar-refractivity contribution in [1.82, 2.24) is 0 Å². The highest BCUT2D eigenvalue weighted by molar-refractivity contribution is 6.03. The minimum absolute atomic E-state index is 0.0508. The van der Waals surface area contributed by atoms with E-state index in [0.29, 0.717) is 5.56 Å². The molecule has 2 nitrogen and oxygen atoms in total. The molecule has 0 heterocycles. The van der Waals surface area contributed by atoms with E-state index in [2.05, 4.69) is 55.5 Å². The Labute approximate surface area is 190 Å². The lowest BCUT2D eigenvalue weighted by atomic mass is 9.86. The molecule has 4 rings (SSSR count). The summed E-state index contributed by atoms with van der Waals surface area (Å²) in [6.07, 6.45) is 0. The average Bonchev–Trinajstić information content (AvgIpc) is 2.84. The molecule has 0 bridgehead atoms. The van der Waals surface area contributed by atoms with Crippen LogP contribution in [-0.4, -0.2) is 12.9 Å². The van der Waals surface area contributed by atoms with Crippen LogP contribution in [0.2, 0.25) is 0 Å². The molecule has 0 aliphatic rings. The zero-order valence-electron chi connectivity index (χ0n) is 19.1. The zero-order chi connectivity index (χ0) is 22.7. The second-order valence-corrected chi connectivity index (χ2v) is 8.45. The Kier molecular flexibility index (Phi) is 6.07. The third-order valence-corrected chi connectivity index (χ3v) is 6.19. The van der Waals surface area contributed by atoms with Gasteiger partial charge >= 0.3 is 0 Å². The van der Waals surface area contributed by atoms with Gasteiger partial charge in [0.05, 0.1) is 0 Å². The molecule has 0 aliphatic carbocycles. The Morgan fingerprint density at radius 1 is 0.594 bits per heavy atom. The second kappa shape index (κ2) is 8.94. The van der Waals surface area contributed by atoms with Gasteiger partial charge in [0, 0.05) is 12.7 Å². The first-order chi connectivity index (χ1) is 15.4. The van der Waals surface area contributed by atoms with Gasteiger partial charge in [0.1, 0.15) is 0 Å². The molecule has 4 aromatic carbocycles. The minimum Gasteiger partial charge on any atom is -0.366 e. The van der Waals surface area contributed by atoms with E-state index in [-0.39, 0.29) is 5.78 Å². The van der Waals surface area contributed by atoms with E-state index >= 15 is 0 Å². The summed E-state index contributed by atoms with van der Waals surface area (Å²) < 4.78 is 5.71. The van der Waals surface area contributed by atoms with Crippen molar-refractivity contribution in [3.05, 3.63) is 119 Å². The molecule has 0 aromatic heterocycles. The molecule has 32 heavy (non-hydrogen) atoms. The monoisotopic (exact) mass is 420 g/mol. The lowest BCUT2D eigenvalue weighted by Crippen LogP contribution is -2.34. The molecule has 1 atom stereocenters. The zero-order valence-corrected chi connectivity index (χ0v) is 19.1. The van der Waals surface area contributed by atoms with Crippen LogP contribution >= 0.6 is 0 Å². The number of benzene rings is 4. The summed E-state index contributed by atoms with van der Waals surface area (Å²) in [7, 11) is 1.59. The van der Waals surface area contributed by atoms with Gasteiger partial charge in [0.15, 0.2) is 11.4 Å². The van der Waals surface area contributed by atoms with Gasteiger partial charge in [-0.3, -0.25) is 4.79 Å². The number of aryl methyl sites for hydroxylation is 2. The van der Waals surface area contributed by atoms with Gasteiger partial charge in [-0.1, -0.05) is 108 Å². The van der Waals surface area contributed by atoms with Crippen molar-refractivity contribution in [2.75, 3.05) is 7.11 Å². The number of carbonyl (C=O) groups is 1. The fourth-order valence-corrected chi connectivity index (χ4v) is 3.90. The predicted molar refractivity (Wildman–Crippen MR) is 132 cm³/mol. The van der Waals surface area contributed by atoms with Gasteiger partial charge < -0.3 is 4.74 Å². The van der Waals surface area contributed by atoms with Gasteiger partial charge in [0.25, 0.3) is 0 Å². The molecule has 0 spiro atoms. The minimum atomic E-state index is -1.02. The summed E-state index contributed by atoms with van der Waals surface area (Å²) >= 11 is 0. The molecule has 0 N–H and O–H groups in total. The maximum absolute atomic E-state index is 13.3. The smallest absolute Gasteiger partial charge is 0.198 e. The standard InChI is InChI=1S/C30H28O2/c1-21-5-9-23(10-6-21)24-11-13-25(14-12-24)26-15-17-27(18-16-26)29(31)30(3,32-4)28-19-7-22(2)8-20-28/h5-20H,1-4H3. The number of ketones is 1. The summed E-state index contributed by atoms with van der Waals surface area (Å²) in [5, 5.41) is 0. The van der Waals surface area contributed by atoms with E-state index in [1.807, 2.05) is 62.4 Å². The topological polar surface area (TPSA) is 26.3 Å². The highest BCUT2D eigenvalue weighted by atomic mass is 16.5. The summed E-state index contributed by atoms with van der Waals surface area (Å²) in [5.41, 5.74) is 7.46. The van der Waals surface area contributed by atoms with Gasteiger partial charge in [-0.05, 0) is 48.6 Å². The Morgan fingerprint density at radius 3 is 1.34 bits per heavy atom. The Balaban J connectivity index is 1.56. The first-order valence-corrected chi connectivity index (χ1v) is 10.9. The Morgan fingerprint density at radius 2 is 0.938 bits per heavy atom. The van der Waals surface area contributed by atoms with E-state index in [1.54, 1.807) is 7.11 Å². The van der Waals surface area contributed by atoms with Gasteiger partial charge in [-0.15, -0.1) is 0 Å². The first kappa shape index (κ1) is 21.7. The number of carbonyl (C=O) groups excluding carboxylic acids is 1. The molecular weight excluding hydrogens is 392 g/mol. The molecule has 4 aromatic rings. The van der Waals surface area contributed by atoms with Crippen molar-refractivity contribution >= 4 is 5.78 Å². The number of rotatable bonds is 6. The molecule has 0 saturated heterocycles. The fraction of sp³-hybridized carbons (Fsp3) is 0.167. The van der Waals surface area contributed by atoms with Crippen LogP contribution in [0.15, 0.2) is 97.1 Å². The Bertz CT molecular complexity index is 1200. The fourth-order valence-electron chi connectivity index (χ4n) is 3.90. The van der Waals surface area contributed by atoms with Crippen LogP contribution < -0.4 is 0 Å². The van der Waals surface area contributed by atoms with Gasteiger partial charge in [-0.25, -0.2) is 0 Å². The largest absolute Gasteiger partial charge is 0.366 e. The van der Waals surface area contributed by atoms with Crippen molar-refractivity contribution < 1.29 is 9.53 Å². The van der Waals surface area contributed by atoms with E-state index < -0.39 is 5.60 Å². The summed E-state index contributed by atoms with van der Waals surface area (Å²) in [6.45, 7) is 5.96. The van der Waals surface area contributed by atoms with Crippen LogP contribution in [0.4, 0.5) is 0 Å². The highest BCUT2D eigenvalue weighted by Crippen LogP contribution is 2.31. The van der Waals surface area contributed by atoms with E-state index in [9.17, 15) is 4.79 Å². The second-order valence-electron chi connectivity index (χ2n) is 8.45. The maximum atomic E-state index is 13.3. The average molecular weight is 421 g/mol. The van der Waals surface area contributed by atoms with Gasteiger partial charge in [0.2, 0.25) is 0 Å². The maximum Gasteiger partial charge on any atom is 0.198 e. The van der Waals surface area contributed by atoms with Gasteiger partial charge in [-0.2, -0.15) is 0 Å². The summed E-state index contributed by atoms with van der Waals surface area (Å²) in [6, 6.07) is 32.8. The lowest BCUT2D eigenvalue weighted by Gasteiger charge is -2.27. The molecule has 2 heteroatoms. The third-order valence-electron chi connectivity index (χ3n) is 6.19. The molecule has 0 aliphatic heterocycles. The highest BCUT2D eigenvalue weighted by Gasteiger charge is 2.35. The lowest BCUT2D eigenvalue weighted by molar-refractivity contribution is 0.0101. The number of ether oxygens (including phenoxy) is 1. The van der Waals surface area contributed by atoms with Crippen molar-refractivity contribution in [3.63, 3.8) is 0 Å². The van der Waals surface area contributed by atoms with Crippen molar-refractivity contribution in [2.24, 2.45) is 0 Å². The van der Waals surface area contributed by atoms with E-state index in [4.69, 9.17) is 4.74 Å². The van der Waals surface area contributed by atoms with Crippen LogP contribution in [0.1, 0.15) is 34.0 Å². The van der Waals surface area contributed by atoms with Crippen LogP contribution in [0.3, 0.4) is 0 Å². The van der Waals surface area contributed by atoms with Crippen LogP contribution in [0.25, 0.3) is 22.3 Å². The van der Waals surface area contributed by atoms with Crippen LogP contribution in [0.5, 0.6) is 0 Å². The number of Topliss-reactive ketones (excluding diaryl/α,β-unsaturated/α-hetero) is 1. The number of hydrogen-bond donors (Lipinski definition) is 0. The quantitative estimate of drug-likeness (QED) is 0.304. The molecule has 0 saturated carbocycles. The molecule has 1 unspecified atom stereocenters. The SMILES string of the molecule is COC(C)(C(=O)c1ccc(-c2ccc(-c3ccc(C)cc3)cc2)cc1)c1ccc(C)cc1. The van der Waals surface area contributed by atoms with Crippen LogP contribution in [0, 0.1) is 13.8 Å². The molecular formula is C30H28O2. The summed E-state index contributed by atoms with van der Waals surface area (Å²) in [5.74, 6) is -0.0508. The van der Waals surface area contributed by atoms with Crippen molar-refractivity contribution in [2.45, 2.75) is 26.4 Å². The predicted octanol–water partition coefficient (Wildman–Crippen LogP) is 7.38. The van der Waals surface area contributed by atoms with Crippen molar-refractivity contribution in [3.8, 4) is 22.3 Å². The summed E-state index contributed by atoms with van der Waals surface area (Å²) in [4.78, 5) is 13.3. The molecule has 0 amide bonds. The third kappa shape index (κ3) is 4.28. The van der Waals surface area contributed by atoms with E-state index in [1.165, 1.54) is 16.7 Å².